The Bertz CT molecular complexity index is 656. The standard InChI is InChI=1S/C20H30N4OS/c1-19(2)12-15(13-20(3,4)24-19)22-18-23-17(25)16(26-18)10-11-21-14-8-6-5-7-9-14/h5-9,15-16,21,24H,10-13H2,1-4H3,(H,22,23,25). The van der Waals surface area contributed by atoms with Gasteiger partial charge in [0.25, 0.3) is 0 Å². The van der Waals surface area contributed by atoms with Crippen molar-refractivity contribution in [1.29, 1.82) is 0 Å². The summed E-state index contributed by atoms with van der Waals surface area (Å²) in [7, 11) is 0. The van der Waals surface area contributed by atoms with E-state index in [1.807, 2.05) is 30.3 Å². The van der Waals surface area contributed by atoms with Gasteiger partial charge in [-0.15, -0.1) is 0 Å². The van der Waals surface area contributed by atoms with Crippen LogP contribution in [0.1, 0.15) is 47.0 Å². The Hall–Kier alpha value is -1.53. The van der Waals surface area contributed by atoms with E-state index >= 15 is 0 Å². The quantitative estimate of drug-likeness (QED) is 0.739. The molecular weight excluding hydrogens is 344 g/mol. The van der Waals surface area contributed by atoms with Crippen LogP contribution in [0.15, 0.2) is 35.3 Å². The molecule has 0 radical (unpaired) electrons. The molecule has 2 heterocycles. The molecule has 5 nitrogen and oxygen atoms in total. The van der Waals surface area contributed by atoms with Crippen LogP contribution in [0.4, 0.5) is 5.69 Å². The third-order valence-electron chi connectivity index (χ3n) is 4.75. The smallest absolute Gasteiger partial charge is 0.239 e. The minimum Gasteiger partial charge on any atom is -0.385 e. The number of hydrogen-bond donors (Lipinski definition) is 3. The van der Waals surface area contributed by atoms with Gasteiger partial charge in [0.15, 0.2) is 5.17 Å². The third-order valence-corrected chi connectivity index (χ3v) is 5.92. The van der Waals surface area contributed by atoms with E-state index in [1.54, 1.807) is 11.8 Å². The number of nitrogens with one attached hydrogen (secondary N) is 3. The number of piperidine rings is 1. The largest absolute Gasteiger partial charge is 0.385 e. The van der Waals surface area contributed by atoms with E-state index in [0.29, 0.717) is 0 Å². The first kappa shape index (κ1) is 19.2. The topological polar surface area (TPSA) is 65.5 Å². The summed E-state index contributed by atoms with van der Waals surface area (Å²) >= 11 is 1.58. The first-order valence-corrected chi connectivity index (χ1v) is 10.2. The lowest BCUT2D eigenvalue weighted by molar-refractivity contribution is -0.118. The number of amides is 1. The van der Waals surface area contributed by atoms with E-state index in [2.05, 4.69) is 43.6 Å². The molecule has 0 bridgehead atoms. The Labute approximate surface area is 160 Å². The summed E-state index contributed by atoms with van der Waals surface area (Å²) in [5.41, 5.74) is 1.20. The van der Waals surface area contributed by atoms with Crippen molar-refractivity contribution in [3.63, 3.8) is 0 Å². The van der Waals surface area contributed by atoms with Gasteiger partial charge in [-0.05, 0) is 59.1 Å². The maximum Gasteiger partial charge on any atom is 0.239 e. The molecule has 1 atom stereocenters. The molecule has 3 rings (SSSR count). The van der Waals surface area contributed by atoms with Crippen LogP contribution in [0.2, 0.25) is 0 Å². The molecule has 2 saturated heterocycles. The second kappa shape index (κ2) is 7.61. The molecule has 142 valence electrons. The molecule has 2 aliphatic heterocycles. The molecule has 1 aromatic carbocycles. The maximum atomic E-state index is 12.3. The highest BCUT2D eigenvalue weighted by Gasteiger charge is 2.38. The number of amidine groups is 1. The van der Waals surface area contributed by atoms with Gasteiger partial charge >= 0.3 is 0 Å². The summed E-state index contributed by atoms with van der Waals surface area (Å²) in [6.07, 6.45) is 2.75. The van der Waals surface area contributed by atoms with Crippen molar-refractivity contribution in [3.8, 4) is 0 Å². The van der Waals surface area contributed by atoms with Gasteiger partial charge in [-0.1, -0.05) is 30.0 Å². The maximum absolute atomic E-state index is 12.3. The van der Waals surface area contributed by atoms with Crippen molar-refractivity contribution >= 4 is 28.5 Å². The number of carbonyl (C=O) groups excluding carboxylic acids is 1. The minimum atomic E-state index is -0.0623. The SMILES string of the molecule is CC1(C)CC(N=C2NC(=O)C(CCNc3ccccc3)S2)CC(C)(C)N1. The van der Waals surface area contributed by atoms with Gasteiger partial charge in [-0.25, -0.2) is 0 Å². The lowest BCUT2D eigenvalue weighted by Crippen LogP contribution is -2.59. The molecule has 26 heavy (non-hydrogen) atoms. The van der Waals surface area contributed by atoms with Crippen molar-refractivity contribution in [2.24, 2.45) is 4.99 Å². The Morgan fingerprint density at radius 2 is 1.81 bits per heavy atom. The number of benzene rings is 1. The summed E-state index contributed by atoms with van der Waals surface area (Å²) in [6.45, 7) is 9.66. The fourth-order valence-electron chi connectivity index (χ4n) is 4.09. The van der Waals surface area contributed by atoms with E-state index < -0.39 is 0 Å². The third kappa shape index (κ3) is 5.24. The first-order valence-electron chi connectivity index (χ1n) is 9.36. The second-order valence-corrected chi connectivity index (χ2v) is 9.76. The highest BCUT2D eigenvalue weighted by atomic mass is 32.2. The zero-order valence-electron chi connectivity index (χ0n) is 16.1. The fraction of sp³-hybridized carbons (Fsp3) is 0.600. The van der Waals surface area contributed by atoms with Crippen molar-refractivity contribution in [2.75, 3.05) is 11.9 Å². The number of hydrogen-bond acceptors (Lipinski definition) is 5. The summed E-state index contributed by atoms with van der Waals surface area (Å²) in [5.74, 6) is 0.0797. The van der Waals surface area contributed by atoms with Crippen LogP contribution in [-0.2, 0) is 4.79 Å². The van der Waals surface area contributed by atoms with Crippen LogP contribution >= 0.6 is 11.8 Å². The van der Waals surface area contributed by atoms with Gasteiger partial charge in [0.05, 0.1) is 11.3 Å². The summed E-state index contributed by atoms with van der Waals surface area (Å²) in [4.78, 5) is 17.2. The average molecular weight is 375 g/mol. The van der Waals surface area contributed by atoms with Crippen LogP contribution in [0.25, 0.3) is 0 Å². The zero-order valence-corrected chi connectivity index (χ0v) is 17.0. The lowest BCUT2D eigenvalue weighted by atomic mass is 9.80. The Balaban J connectivity index is 1.54. The average Bonchev–Trinajstić information content (AvgIpc) is 2.85. The molecule has 1 unspecified atom stereocenters. The second-order valence-electron chi connectivity index (χ2n) is 8.57. The van der Waals surface area contributed by atoms with Crippen LogP contribution < -0.4 is 16.0 Å². The molecule has 3 N–H and O–H groups in total. The van der Waals surface area contributed by atoms with Crippen LogP contribution in [0.5, 0.6) is 0 Å². The molecule has 0 spiro atoms. The van der Waals surface area contributed by atoms with Crippen LogP contribution in [0.3, 0.4) is 0 Å². The Morgan fingerprint density at radius 3 is 2.46 bits per heavy atom. The van der Waals surface area contributed by atoms with Crippen LogP contribution in [-0.4, -0.2) is 40.0 Å². The number of anilines is 1. The number of para-hydroxylation sites is 1. The van der Waals surface area contributed by atoms with Gasteiger partial charge < -0.3 is 16.0 Å². The molecule has 0 aromatic heterocycles. The molecule has 0 saturated carbocycles. The number of rotatable bonds is 5. The monoisotopic (exact) mass is 374 g/mol. The van der Waals surface area contributed by atoms with Crippen molar-refractivity contribution in [1.82, 2.24) is 10.6 Å². The van der Waals surface area contributed by atoms with Crippen molar-refractivity contribution in [2.45, 2.75) is 69.3 Å². The van der Waals surface area contributed by atoms with Gasteiger partial charge in [0.2, 0.25) is 5.91 Å². The summed E-state index contributed by atoms with van der Waals surface area (Å²) in [6, 6.07) is 10.3. The summed E-state index contributed by atoms with van der Waals surface area (Å²) in [5, 5.41) is 10.8. The molecule has 0 aliphatic carbocycles. The molecule has 1 aromatic rings. The summed E-state index contributed by atoms with van der Waals surface area (Å²) < 4.78 is 0. The predicted octanol–water partition coefficient (Wildman–Crippen LogP) is 3.39. The molecular formula is C20H30N4OS. The van der Waals surface area contributed by atoms with Gasteiger partial charge in [-0.2, -0.15) is 0 Å². The first-order chi connectivity index (χ1) is 12.2. The van der Waals surface area contributed by atoms with Crippen molar-refractivity contribution in [3.05, 3.63) is 30.3 Å². The molecule has 6 heteroatoms. The molecule has 2 aliphatic rings. The Kier molecular flexibility index (Phi) is 5.63. The molecule has 2 fully saturated rings. The van der Waals surface area contributed by atoms with Gasteiger partial charge in [-0.3, -0.25) is 9.79 Å². The highest BCUT2D eigenvalue weighted by Crippen LogP contribution is 2.32. The number of thioether (sulfide) groups is 1. The fourth-order valence-corrected chi connectivity index (χ4v) is 5.13. The minimum absolute atomic E-state index is 0.0583. The zero-order chi connectivity index (χ0) is 18.8. The number of nitrogens with zero attached hydrogens (tertiary/aromatic N) is 1. The van der Waals surface area contributed by atoms with E-state index in [1.165, 1.54) is 0 Å². The van der Waals surface area contributed by atoms with E-state index in [4.69, 9.17) is 4.99 Å². The van der Waals surface area contributed by atoms with Crippen LogP contribution in [0, 0.1) is 0 Å². The lowest BCUT2D eigenvalue weighted by Gasteiger charge is -2.45. The number of aliphatic imine (C=N–C) groups is 1. The normalized spacial score (nSPS) is 26.7. The molecule has 1 amide bonds. The van der Waals surface area contributed by atoms with E-state index in [9.17, 15) is 4.79 Å². The number of carbonyl (C=O) groups is 1. The van der Waals surface area contributed by atoms with E-state index in [0.717, 1.165) is 36.7 Å². The van der Waals surface area contributed by atoms with Gasteiger partial charge in [0.1, 0.15) is 0 Å². The van der Waals surface area contributed by atoms with Crippen molar-refractivity contribution < 1.29 is 4.79 Å². The Morgan fingerprint density at radius 1 is 1.15 bits per heavy atom. The van der Waals surface area contributed by atoms with E-state index in [-0.39, 0.29) is 28.3 Å². The highest BCUT2D eigenvalue weighted by molar-refractivity contribution is 8.15. The predicted molar refractivity (Wildman–Crippen MR) is 111 cm³/mol. The van der Waals surface area contributed by atoms with Gasteiger partial charge in [0, 0.05) is 23.3 Å².